The molecule has 1 N–H and O–H groups in total. The molecule has 1 fully saturated rings. The maximum Gasteiger partial charge on any atom is 0.257 e. The standard InChI is InChI=1S/C20H23N5O/c1-14-17(11-22-24(14)2)20(26)25-10-6-9-16(13-25)19-21-12-18(23-19)15-7-4-3-5-8-15/h3-5,7-8,11-12,16H,6,9-10,13H2,1-2H3,(H,21,23). The van der Waals surface area contributed by atoms with Crippen LogP contribution in [0.25, 0.3) is 11.3 Å². The van der Waals surface area contributed by atoms with Crippen LogP contribution in [0, 0.1) is 6.92 Å². The van der Waals surface area contributed by atoms with Crippen molar-refractivity contribution in [1.82, 2.24) is 24.6 Å². The summed E-state index contributed by atoms with van der Waals surface area (Å²) in [5.74, 6) is 1.27. The molecule has 0 radical (unpaired) electrons. The molecule has 134 valence electrons. The number of carbonyl (C=O) groups excluding carboxylic acids is 1. The van der Waals surface area contributed by atoms with E-state index in [1.165, 1.54) is 0 Å². The van der Waals surface area contributed by atoms with E-state index in [0.29, 0.717) is 12.1 Å². The van der Waals surface area contributed by atoms with Crippen LogP contribution >= 0.6 is 0 Å². The SMILES string of the molecule is Cc1c(C(=O)N2CCCC(c3ncc(-c4ccccc4)[nH]3)C2)cnn1C. The van der Waals surface area contributed by atoms with Gasteiger partial charge < -0.3 is 9.88 Å². The van der Waals surface area contributed by atoms with Crippen molar-refractivity contribution in [3.8, 4) is 11.3 Å². The van der Waals surface area contributed by atoms with Gasteiger partial charge in [0.25, 0.3) is 5.91 Å². The van der Waals surface area contributed by atoms with E-state index in [9.17, 15) is 4.79 Å². The second-order valence-electron chi connectivity index (χ2n) is 6.91. The summed E-state index contributed by atoms with van der Waals surface area (Å²) in [6, 6.07) is 10.2. The molecule has 2 aromatic heterocycles. The number of benzene rings is 1. The van der Waals surface area contributed by atoms with Crippen LogP contribution in [0.2, 0.25) is 0 Å². The van der Waals surface area contributed by atoms with Crippen molar-refractivity contribution in [2.24, 2.45) is 7.05 Å². The topological polar surface area (TPSA) is 66.8 Å². The summed E-state index contributed by atoms with van der Waals surface area (Å²) in [5, 5.41) is 4.20. The van der Waals surface area contributed by atoms with Gasteiger partial charge in [0.05, 0.1) is 23.7 Å². The number of aromatic nitrogens is 4. The Labute approximate surface area is 152 Å². The highest BCUT2D eigenvalue weighted by atomic mass is 16.2. The van der Waals surface area contributed by atoms with Gasteiger partial charge in [-0.15, -0.1) is 0 Å². The molecule has 0 saturated carbocycles. The lowest BCUT2D eigenvalue weighted by Crippen LogP contribution is -2.39. The lowest BCUT2D eigenvalue weighted by atomic mass is 9.96. The lowest BCUT2D eigenvalue weighted by Gasteiger charge is -2.31. The fourth-order valence-electron chi connectivity index (χ4n) is 3.57. The Morgan fingerprint density at radius 3 is 2.77 bits per heavy atom. The molecule has 0 spiro atoms. The van der Waals surface area contributed by atoms with Crippen molar-refractivity contribution in [2.75, 3.05) is 13.1 Å². The number of aryl methyl sites for hydroxylation is 1. The Balaban J connectivity index is 1.51. The molecule has 6 nitrogen and oxygen atoms in total. The van der Waals surface area contributed by atoms with E-state index in [-0.39, 0.29) is 11.8 Å². The third kappa shape index (κ3) is 3.03. The number of aromatic amines is 1. The molecule has 26 heavy (non-hydrogen) atoms. The molecule has 1 amide bonds. The molecule has 1 saturated heterocycles. The Kier molecular flexibility index (Phi) is 4.32. The second-order valence-corrected chi connectivity index (χ2v) is 6.91. The van der Waals surface area contributed by atoms with Crippen LogP contribution in [-0.4, -0.2) is 43.6 Å². The zero-order valence-corrected chi connectivity index (χ0v) is 15.1. The van der Waals surface area contributed by atoms with Crippen molar-refractivity contribution in [2.45, 2.75) is 25.7 Å². The van der Waals surface area contributed by atoms with Crippen molar-refractivity contribution in [3.05, 3.63) is 59.8 Å². The largest absolute Gasteiger partial charge is 0.342 e. The first-order valence-corrected chi connectivity index (χ1v) is 9.01. The number of amides is 1. The third-order valence-electron chi connectivity index (χ3n) is 5.24. The fraction of sp³-hybridized carbons (Fsp3) is 0.350. The number of rotatable bonds is 3. The smallest absolute Gasteiger partial charge is 0.257 e. The zero-order chi connectivity index (χ0) is 18.1. The molecule has 1 aliphatic heterocycles. The summed E-state index contributed by atoms with van der Waals surface area (Å²) in [7, 11) is 1.86. The Bertz CT molecular complexity index is 911. The van der Waals surface area contributed by atoms with Crippen LogP contribution < -0.4 is 0 Å². The highest BCUT2D eigenvalue weighted by Crippen LogP contribution is 2.28. The maximum atomic E-state index is 12.9. The first-order valence-electron chi connectivity index (χ1n) is 9.01. The molecule has 0 aliphatic carbocycles. The number of hydrogen-bond donors (Lipinski definition) is 1. The van der Waals surface area contributed by atoms with E-state index in [4.69, 9.17) is 0 Å². The molecule has 4 rings (SSSR count). The highest BCUT2D eigenvalue weighted by Gasteiger charge is 2.28. The third-order valence-corrected chi connectivity index (χ3v) is 5.24. The summed E-state index contributed by atoms with van der Waals surface area (Å²) in [4.78, 5) is 22.9. The van der Waals surface area contributed by atoms with Gasteiger partial charge in [-0.1, -0.05) is 30.3 Å². The monoisotopic (exact) mass is 349 g/mol. The van der Waals surface area contributed by atoms with Crippen molar-refractivity contribution in [1.29, 1.82) is 0 Å². The van der Waals surface area contributed by atoms with Gasteiger partial charge >= 0.3 is 0 Å². The summed E-state index contributed by atoms with van der Waals surface area (Å²) >= 11 is 0. The summed E-state index contributed by atoms with van der Waals surface area (Å²) in [5.41, 5.74) is 3.74. The number of nitrogens with one attached hydrogen (secondary N) is 1. The van der Waals surface area contributed by atoms with E-state index >= 15 is 0 Å². The molecule has 1 aromatic carbocycles. The number of likely N-dealkylation sites (tertiary alicyclic amines) is 1. The predicted octanol–water partition coefficient (Wildman–Crippen LogP) is 3.14. The van der Waals surface area contributed by atoms with Gasteiger partial charge in [-0.25, -0.2) is 4.98 Å². The molecule has 3 aromatic rings. The van der Waals surface area contributed by atoms with Crippen LogP contribution in [0.4, 0.5) is 0 Å². The fourth-order valence-corrected chi connectivity index (χ4v) is 3.57. The molecule has 1 aliphatic rings. The van der Waals surface area contributed by atoms with Gasteiger partial charge in [-0.3, -0.25) is 9.48 Å². The zero-order valence-electron chi connectivity index (χ0n) is 15.1. The van der Waals surface area contributed by atoms with Crippen LogP contribution in [0.5, 0.6) is 0 Å². The van der Waals surface area contributed by atoms with Gasteiger partial charge in [0.2, 0.25) is 0 Å². The van der Waals surface area contributed by atoms with Gasteiger partial charge in [0.1, 0.15) is 5.82 Å². The number of carbonyl (C=O) groups is 1. The molecule has 0 bridgehead atoms. The highest BCUT2D eigenvalue weighted by molar-refractivity contribution is 5.95. The quantitative estimate of drug-likeness (QED) is 0.790. The van der Waals surface area contributed by atoms with E-state index < -0.39 is 0 Å². The van der Waals surface area contributed by atoms with E-state index in [1.54, 1.807) is 10.9 Å². The normalized spacial score (nSPS) is 17.5. The molecule has 1 atom stereocenters. The number of H-pyrrole nitrogens is 1. The maximum absolute atomic E-state index is 12.9. The second kappa shape index (κ2) is 6.78. The summed E-state index contributed by atoms with van der Waals surface area (Å²) in [6.45, 7) is 3.41. The van der Waals surface area contributed by atoms with Crippen LogP contribution in [0.1, 0.15) is 40.6 Å². The summed E-state index contributed by atoms with van der Waals surface area (Å²) in [6.07, 6.45) is 5.58. The number of imidazole rings is 1. The minimum atomic E-state index is 0.0649. The minimum Gasteiger partial charge on any atom is -0.342 e. The van der Waals surface area contributed by atoms with Crippen LogP contribution in [-0.2, 0) is 7.05 Å². The van der Waals surface area contributed by atoms with Crippen LogP contribution in [0.15, 0.2) is 42.7 Å². The number of hydrogen-bond acceptors (Lipinski definition) is 3. The molecular weight excluding hydrogens is 326 g/mol. The van der Waals surface area contributed by atoms with E-state index in [0.717, 1.165) is 42.2 Å². The molecular formula is C20H23N5O. The lowest BCUT2D eigenvalue weighted by molar-refractivity contribution is 0.0704. The van der Waals surface area contributed by atoms with Gasteiger partial charge in [-0.2, -0.15) is 5.10 Å². The average molecular weight is 349 g/mol. The van der Waals surface area contributed by atoms with Gasteiger partial charge in [-0.05, 0) is 25.3 Å². The van der Waals surface area contributed by atoms with Crippen molar-refractivity contribution in [3.63, 3.8) is 0 Å². The molecule has 3 heterocycles. The Hall–Kier alpha value is -2.89. The van der Waals surface area contributed by atoms with Crippen LogP contribution in [0.3, 0.4) is 0 Å². The van der Waals surface area contributed by atoms with Crippen molar-refractivity contribution < 1.29 is 4.79 Å². The summed E-state index contributed by atoms with van der Waals surface area (Å²) < 4.78 is 1.74. The molecule has 1 unspecified atom stereocenters. The van der Waals surface area contributed by atoms with E-state index in [1.807, 2.05) is 43.3 Å². The Morgan fingerprint density at radius 1 is 1.23 bits per heavy atom. The van der Waals surface area contributed by atoms with Gasteiger partial charge in [0, 0.05) is 31.7 Å². The molecule has 6 heteroatoms. The first kappa shape index (κ1) is 16.6. The minimum absolute atomic E-state index is 0.0649. The van der Waals surface area contributed by atoms with Crippen molar-refractivity contribution >= 4 is 5.91 Å². The number of piperidine rings is 1. The Morgan fingerprint density at radius 2 is 2.04 bits per heavy atom. The average Bonchev–Trinajstić information content (AvgIpc) is 3.30. The van der Waals surface area contributed by atoms with E-state index in [2.05, 4.69) is 27.2 Å². The number of nitrogens with zero attached hydrogens (tertiary/aromatic N) is 4. The predicted molar refractivity (Wildman–Crippen MR) is 99.8 cm³/mol. The first-order chi connectivity index (χ1) is 12.6. The van der Waals surface area contributed by atoms with Gasteiger partial charge in [0.15, 0.2) is 0 Å².